The van der Waals surface area contributed by atoms with Crippen LogP contribution in [-0.2, 0) is 4.79 Å². The van der Waals surface area contributed by atoms with Gasteiger partial charge in [-0.1, -0.05) is 17.7 Å². The Morgan fingerprint density at radius 2 is 2.17 bits per heavy atom. The summed E-state index contributed by atoms with van der Waals surface area (Å²) in [6, 6.07) is 6.25. The van der Waals surface area contributed by atoms with Crippen LogP contribution in [0.25, 0.3) is 0 Å². The van der Waals surface area contributed by atoms with Gasteiger partial charge in [0.2, 0.25) is 0 Å². The van der Waals surface area contributed by atoms with E-state index in [2.05, 4.69) is 5.32 Å². The molecule has 0 heterocycles. The molecule has 18 heavy (non-hydrogen) atoms. The first-order valence-corrected chi connectivity index (χ1v) is 7.03. The molecule has 0 radical (unpaired) electrons. The number of amides is 1. The molecule has 0 aliphatic heterocycles. The van der Waals surface area contributed by atoms with Crippen LogP contribution in [0.15, 0.2) is 24.3 Å². The number of carbonyl (C=O) groups excluding carboxylic acids is 1. The van der Waals surface area contributed by atoms with Crippen molar-refractivity contribution >= 4 is 23.6 Å². The van der Waals surface area contributed by atoms with E-state index in [1.165, 1.54) is 0 Å². The molecule has 0 unspecified atom stereocenters. The van der Waals surface area contributed by atoms with Gasteiger partial charge in [0.05, 0.1) is 0 Å². The van der Waals surface area contributed by atoms with Crippen LogP contribution in [0.2, 0.25) is 0 Å². The SMILES string of the molecule is CSCC[C@H](NC(=O)c1cccc(C)c1)C(=O)O. The number of carboxylic acids is 1. The first kappa shape index (κ1) is 14.6. The standard InChI is InChI=1S/C13H17NO3S/c1-9-4-3-5-10(8-9)12(15)14-11(13(16)17)6-7-18-2/h3-5,8,11H,6-7H2,1-2H3,(H,14,15)(H,16,17)/t11-/m0/s1. The molecular weight excluding hydrogens is 250 g/mol. The number of benzene rings is 1. The minimum absolute atomic E-state index is 0.341. The number of thioether (sulfide) groups is 1. The third-order valence-corrected chi connectivity index (χ3v) is 3.14. The van der Waals surface area contributed by atoms with E-state index >= 15 is 0 Å². The largest absolute Gasteiger partial charge is 0.480 e. The number of carbonyl (C=O) groups is 2. The van der Waals surface area contributed by atoms with Gasteiger partial charge in [0, 0.05) is 5.56 Å². The molecule has 0 aliphatic carbocycles. The van der Waals surface area contributed by atoms with Crippen LogP contribution in [0.3, 0.4) is 0 Å². The minimum atomic E-state index is -0.995. The fourth-order valence-corrected chi connectivity index (χ4v) is 1.99. The maximum atomic E-state index is 11.9. The van der Waals surface area contributed by atoms with E-state index in [1.807, 2.05) is 19.2 Å². The summed E-state index contributed by atoms with van der Waals surface area (Å²) >= 11 is 1.56. The lowest BCUT2D eigenvalue weighted by Gasteiger charge is -2.14. The van der Waals surface area contributed by atoms with Crippen LogP contribution < -0.4 is 5.32 Å². The Kier molecular flexibility index (Phi) is 5.71. The molecule has 98 valence electrons. The first-order valence-electron chi connectivity index (χ1n) is 5.64. The Morgan fingerprint density at radius 1 is 1.44 bits per heavy atom. The number of aliphatic carboxylic acids is 1. The summed E-state index contributed by atoms with van der Waals surface area (Å²) in [6.45, 7) is 1.89. The fourth-order valence-electron chi connectivity index (χ4n) is 1.52. The van der Waals surface area contributed by atoms with Crippen LogP contribution in [0.1, 0.15) is 22.3 Å². The van der Waals surface area contributed by atoms with Gasteiger partial charge in [-0.25, -0.2) is 4.79 Å². The summed E-state index contributed by atoms with van der Waals surface area (Å²) in [5, 5.41) is 11.6. The number of nitrogens with one attached hydrogen (secondary N) is 1. The van der Waals surface area contributed by atoms with Crippen LogP contribution in [0.4, 0.5) is 0 Å². The zero-order valence-corrected chi connectivity index (χ0v) is 11.3. The van der Waals surface area contributed by atoms with Gasteiger partial charge < -0.3 is 10.4 Å². The molecule has 5 heteroatoms. The predicted octanol–water partition coefficient (Wildman–Crippen LogP) is 1.93. The molecule has 0 fully saturated rings. The third kappa shape index (κ3) is 4.41. The first-order chi connectivity index (χ1) is 8.54. The van der Waals surface area contributed by atoms with Crippen molar-refractivity contribution in [3.8, 4) is 0 Å². The second kappa shape index (κ2) is 7.06. The van der Waals surface area contributed by atoms with Crippen molar-refractivity contribution in [1.82, 2.24) is 5.32 Å². The molecule has 0 bridgehead atoms. The van der Waals surface area contributed by atoms with E-state index in [0.29, 0.717) is 17.7 Å². The van der Waals surface area contributed by atoms with Gasteiger partial charge in [-0.15, -0.1) is 0 Å². The molecule has 1 aromatic rings. The van der Waals surface area contributed by atoms with Crippen molar-refractivity contribution in [3.05, 3.63) is 35.4 Å². The quantitative estimate of drug-likeness (QED) is 0.826. The number of hydrogen-bond acceptors (Lipinski definition) is 3. The van der Waals surface area contributed by atoms with Gasteiger partial charge in [-0.2, -0.15) is 11.8 Å². The van der Waals surface area contributed by atoms with Crippen molar-refractivity contribution in [2.75, 3.05) is 12.0 Å². The van der Waals surface area contributed by atoms with Crippen LogP contribution in [0.5, 0.6) is 0 Å². The van der Waals surface area contributed by atoms with Crippen molar-refractivity contribution in [2.24, 2.45) is 0 Å². The Balaban J connectivity index is 2.69. The maximum Gasteiger partial charge on any atom is 0.326 e. The van der Waals surface area contributed by atoms with Crippen LogP contribution in [0, 0.1) is 6.92 Å². The molecule has 0 saturated carbocycles. The highest BCUT2D eigenvalue weighted by Crippen LogP contribution is 2.06. The van der Waals surface area contributed by atoms with Crippen molar-refractivity contribution in [1.29, 1.82) is 0 Å². The zero-order chi connectivity index (χ0) is 13.5. The third-order valence-electron chi connectivity index (χ3n) is 2.49. The number of rotatable bonds is 6. The van der Waals surface area contributed by atoms with E-state index in [4.69, 9.17) is 5.11 Å². The Morgan fingerprint density at radius 3 is 2.72 bits per heavy atom. The number of hydrogen-bond donors (Lipinski definition) is 2. The summed E-state index contributed by atoms with van der Waals surface area (Å²) < 4.78 is 0. The summed E-state index contributed by atoms with van der Waals surface area (Å²) in [5.41, 5.74) is 1.46. The van der Waals surface area contributed by atoms with Gasteiger partial charge in [-0.05, 0) is 37.5 Å². The van der Waals surface area contributed by atoms with E-state index in [9.17, 15) is 9.59 Å². The Hall–Kier alpha value is -1.49. The highest BCUT2D eigenvalue weighted by Gasteiger charge is 2.19. The molecule has 1 rings (SSSR count). The number of carboxylic acid groups (broad SMARTS) is 1. The van der Waals surface area contributed by atoms with Gasteiger partial charge in [0.15, 0.2) is 0 Å². The van der Waals surface area contributed by atoms with Crippen LogP contribution >= 0.6 is 11.8 Å². The van der Waals surface area contributed by atoms with E-state index in [1.54, 1.807) is 30.0 Å². The molecule has 0 aromatic heterocycles. The molecular formula is C13H17NO3S. The van der Waals surface area contributed by atoms with Gasteiger partial charge in [0.1, 0.15) is 6.04 Å². The lowest BCUT2D eigenvalue weighted by Crippen LogP contribution is -2.41. The van der Waals surface area contributed by atoms with E-state index < -0.39 is 12.0 Å². The molecule has 1 amide bonds. The second-order valence-corrected chi connectivity index (χ2v) is 5.00. The summed E-state index contributed by atoms with van der Waals surface area (Å²) in [7, 11) is 0. The molecule has 0 aliphatic rings. The van der Waals surface area contributed by atoms with Crippen molar-refractivity contribution < 1.29 is 14.7 Å². The monoisotopic (exact) mass is 267 g/mol. The molecule has 1 atom stereocenters. The van der Waals surface area contributed by atoms with Crippen LogP contribution in [-0.4, -0.2) is 35.0 Å². The highest BCUT2D eigenvalue weighted by molar-refractivity contribution is 7.98. The second-order valence-electron chi connectivity index (χ2n) is 4.02. The van der Waals surface area contributed by atoms with E-state index in [0.717, 1.165) is 5.56 Å². The number of aryl methyl sites for hydroxylation is 1. The summed E-state index contributed by atoms with van der Waals surface area (Å²) in [5.74, 6) is -0.636. The average molecular weight is 267 g/mol. The molecule has 2 N–H and O–H groups in total. The average Bonchev–Trinajstić information content (AvgIpc) is 2.33. The summed E-state index contributed by atoms with van der Waals surface area (Å²) in [4.78, 5) is 22.9. The molecule has 1 aromatic carbocycles. The Labute approximate surface area is 111 Å². The highest BCUT2D eigenvalue weighted by atomic mass is 32.2. The molecule has 0 spiro atoms. The lowest BCUT2D eigenvalue weighted by molar-refractivity contribution is -0.139. The Bertz CT molecular complexity index is 434. The smallest absolute Gasteiger partial charge is 0.326 e. The predicted molar refractivity (Wildman–Crippen MR) is 73.1 cm³/mol. The van der Waals surface area contributed by atoms with Crippen molar-refractivity contribution in [2.45, 2.75) is 19.4 Å². The maximum absolute atomic E-state index is 11.9. The van der Waals surface area contributed by atoms with Gasteiger partial charge in [0.25, 0.3) is 5.91 Å². The van der Waals surface area contributed by atoms with E-state index in [-0.39, 0.29) is 5.91 Å². The summed E-state index contributed by atoms with van der Waals surface area (Å²) in [6.07, 6.45) is 2.33. The fraction of sp³-hybridized carbons (Fsp3) is 0.385. The topological polar surface area (TPSA) is 66.4 Å². The lowest BCUT2D eigenvalue weighted by atomic mass is 10.1. The van der Waals surface area contributed by atoms with Gasteiger partial charge >= 0.3 is 5.97 Å². The minimum Gasteiger partial charge on any atom is -0.480 e. The zero-order valence-electron chi connectivity index (χ0n) is 10.5. The van der Waals surface area contributed by atoms with Gasteiger partial charge in [-0.3, -0.25) is 4.79 Å². The molecule has 4 nitrogen and oxygen atoms in total. The normalized spacial score (nSPS) is 11.9. The molecule has 0 saturated heterocycles. The van der Waals surface area contributed by atoms with Crippen molar-refractivity contribution in [3.63, 3.8) is 0 Å².